The Kier molecular flexibility index (Phi) is 7.68. The Bertz CT molecular complexity index is 1530. The molecule has 3 amide bonds. The second-order valence-corrected chi connectivity index (χ2v) is 12.1. The first-order valence-corrected chi connectivity index (χ1v) is 15.3. The van der Waals surface area contributed by atoms with Crippen LogP contribution in [0.5, 0.6) is 0 Å². The van der Waals surface area contributed by atoms with E-state index in [4.69, 9.17) is 10.6 Å². The maximum absolute atomic E-state index is 13.3. The molecule has 2 saturated heterocycles. The highest BCUT2D eigenvalue weighted by atomic mass is 32.2. The first-order valence-electron chi connectivity index (χ1n) is 13.4. The van der Waals surface area contributed by atoms with E-state index >= 15 is 0 Å². The number of hydrogen-bond donors (Lipinski definition) is 3. The molecule has 2 aromatic heterocycles. The number of nitrogens with zero attached hydrogens (tertiary/aromatic N) is 5. The number of fused-ring (bicyclic) bond motifs is 1. The van der Waals surface area contributed by atoms with Crippen LogP contribution in [0, 0.1) is 0 Å². The highest BCUT2D eigenvalue weighted by Gasteiger charge is 2.54. The Morgan fingerprint density at radius 3 is 2.76 bits per heavy atom. The van der Waals surface area contributed by atoms with Crippen molar-refractivity contribution in [2.24, 2.45) is 5.16 Å². The number of β-lactam (4-membered cyclic amide) rings is 1. The van der Waals surface area contributed by atoms with Gasteiger partial charge in [-0.15, -0.1) is 23.1 Å². The van der Waals surface area contributed by atoms with Crippen molar-refractivity contribution in [2.75, 3.05) is 22.9 Å². The number of allylic oxidation sites excluding steroid dienone is 1. The van der Waals surface area contributed by atoms with Crippen molar-refractivity contribution in [1.29, 1.82) is 0 Å². The fourth-order valence-electron chi connectivity index (χ4n) is 5.40. The lowest BCUT2D eigenvalue weighted by molar-refractivity contribution is -0.150. The summed E-state index contributed by atoms with van der Waals surface area (Å²) in [4.78, 5) is 68.5. The summed E-state index contributed by atoms with van der Waals surface area (Å²) in [6.45, 7) is 0.442. The number of nitrogen functional groups attached to an aromatic ring is 1. The number of thioether (sulfide) groups is 1. The fourth-order valence-corrected chi connectivity index (χ4v) is 7.26. The Balaban J connectivity index is 1.20. The lowest BCUT2D eigenvalue weighted by Crippen LogP contribution is -2.71. The summed E-state index contributed by atoms with van der Waals surface area (Å²) >= 11 is 2.45. The van der Waals surface area contributed by atoms with Crippen molar-refractivity contribution in [1.82, 2.24) is 20.2 Å². The zero-order valence-electron chi connectivity index (χ0n) is 22.3. The van der Waals surface area contributed by atoms with Gasteiger partial charge in [0.1, 0.15) is 28.9 Å². The number of oxime groups is 1. The first kappa shape index (κ1) is 27.9. The van der Waals surface area contributed by atoms with Gasteiger partial charge in [-0.2, -0.15) is 0 Å². The molecule has 2 atom stereocenters. The van der Waals surface area contributed by atoms with Crippen LogP contribution in [-0.2, 0) is 24.0 Å². The zero-order valence-corrected chi connectivity index (χ0v) is 23.9. The molecule has 1 aliphatic carbocycles. The number of thiazole rings is 1. The van der Waals surface area contributed by atoms with Gasteiger partial charge in [-0.05, 0) is 55.9 Å². The van der Waals surface area contributed by atoms with E-state index in [0.717, 1.165) is 37.0 Å². The van der Waals surface area contributed by atoms with Crippen LogP contribution in [0.2, 0.25) is 0 Å². The van der Waals surface area contributed by atoms with Crippen molar-refractivity contribution in [2.45, 2.75) is 49.6 Å². The van der Waals surface area contributed by atoms with E-state index in [0.29, 0.717) is 29.8 Å². The van der Waals surface area contributed by atoms with E-state index in [1.807, 2.05) is 0 Å². The number of amides is 3. The molecule has 15 heteroatoms. The molecule has 0 unspecified atom stereocenters. The minimum Gasteiger partial charge on any atom is -0.477 e. The van der Waals surface area contributed by atoms with E-state index in [1.165, 1.54) is 16.7 Å². The summed E-state index contributed by atoms with van der Waals surface area (Å²) in [6, 6.07) is 2.54. The highest BCUT2D eigenvalue weighted by molar-refractivity contribution is 8.00. The standard InChI is InChI=1S/C27H27N7O6S2/c28-27-30-18(13-42-27)19(32-40-17-5-1-2-6-17)22(35)31-20-24(37)34-21(26(38)39)15(12-41-25(20)34)10-14-7-9-33(23(14)36)16-4-3-8-29-11-16/h3-4,8,10-11,13,17,20,25H,1-2,5-7,9,12H2,(H2,28,30)(H,31,35)(H,38,39)/t20-,25-/m1/s1. The van der Waals surface area contributed by atoms with Gasteiger partial charge in [0.05, 0.1) is 11.9 Å². The summed E-state index contributed by atoms with van der Waals surface area (Å²) in [7, 11) is 0. The third kappa shape index (κ3) is 5.25. The molecule has 3 aliphatic heterocycles. The quantitative estimate of drug-likeness (QED) is 0.173. The Morgan fingerprint density at radius 1 is 1.26 bits per heavy atom. The molecule has 5 heterocycles. The predicted molar refractivity (Wildman–Crippen MR) is 155 cm³/mol. The SMILES string of the molecule is Nc1nc(C(=NOC2CCCC2)C(=O)N[C@@H]2C(=O)N3C(C(=O)O)=C(C=C4CCN(c5cccnc5)C4=O)CS[C@H]23)cs1. The molecule has 1 saturated carbocycles. The number of carbonyl (C=O) groups is 4. The van der Waals surface area contributed by atoms with Crippen molar-refractivity contribution in [3.63, 3.8) is 0 Å². The van der Waals surface area contributed by atoms with Crippen LogP contribution >= 0.6 is 23.1 Å². The topological polar surface area (TPSA) is 180 Å². The number of rotatable bonds is 8. The van der Waals surface area contributed by atoms with Gasteiger partial charge >= 0.3 is 5.97 Å². The molecule has 218 valence electrons. The van der Waals surface area contributed by atoms with E-state index in [9.17, 15) is 24.3 Å². The third-order valence-electron chi connectivity index (χ3n) is 7.49. The van der Waals surface area contributed by atoms with Gasteiger partial charge in [0.2, 0.25) is 0 Å². The number of hydrogen-bond acceptors (Lipinski definition) is 11. The molecule has 42 heavy (non-hydrogen) atoms. The van der Waals surface area contributed by atoms with E-state index < -0.39 is 29.2 Å². The fraction of sp³-hybridized carbons (Fsp3) is 0.370. The van der Waals surface area contributed by atoms with Crippen LogP contribution < -0.4 is 16.0 Å². The summed E-state index contributed by atoms with van der Waals surface area (Å²) in [6.07, 6.45) is 8.82. The minimum absolute atomic E-state index is 0.0979. The van der Waals surface area contributed by atoms with Crippen LogP contribution in [0.15, 0.2) is 58.0 Å². The molecule has 6 rings (SSSR count). The third-order valence-corrected chi connectivity index (χ3v) is 9.47. The molecule has 3 fully saturated rings. The molecule has 4 N–H and O–H groups in total. The van der Waals surface area contributed by atoms with Crippen LogP contribution in [0.4, 0.5) is 10.8 Å². The normalized spacial score (nSPS) is 23.8. The van der Waals surface area contributed by atoms with Crippen LogP contribution in [-0.4, -0.2) is 79.2 Å². The number of anilines is 2. The summed E-state index contributed by atoms with van der Waals surface area (Å²) < 4.78 is 0. The number of carboxylic acid groups (broad SMARTS) is 1. The summed E-state index contributed by atoms with van der Waals surface area (Å²) in [5.74, 6) is -2.53. The van der Waals surface area contributed by atoms with Gasteiger partial charge in [-0.1, -0.05) is 5.16 Å². The van der Waals surface area contributed by atoms with Crippen molar-refractivity contribution in [3.05, 3.63) is 58.5 Å². The average Bonchev–Trinajstić information content (AvgIpc) is 3.74. The second kappa shape index (κ2) is 11.6. The smallest absolute Gasteiger partial charge is 0.352 e. The molecule has 0 bridgehead atoms. The van der Waals surface area contributed by atoms with E-state index in [-0.39, 0.29) is 40.0 Å². The molecular formula is C27H27N7O6S2. The average molecular weight is 610 g/mol. The van der Waals surface area contributed by atoms with Gasteiger partial charge in [-0.25, -0.2) is 9.78 Å². The van der Waals surface area contributed by atoms with Gasteiger partial charge in [-0.3, -0.25) is 24.3 Å². The predicted octanol–water partition coefficient (Wildman–Crippen LogP) is 1.89. The molecule has 2 aromatic rings. The number of carboxylic acids is 1. The Hall–Kier alpha value is -4.24. The Morgan fingerprint density at radius 2 is 2.07 bits per heavy atom. The van der Waals surface area contributed by atoms with Gasteiger partial charge in [0.25, 0.3) is 17.7 Å². The molecule has 0 aromatic carbocycles. The first-order chi connectivity index (χ1) is 20.3. The van der Waals surface area contributed by atoms with Crippen LogP contribution in [0.1, 0.15) is 37.8 Å². The largest absolute Gasteiger partial charge is 0.477 e. The Labute approximate surface area is 248 Å². The number of aliphatic carboxylic acids is 1. The van der Waals surface area contributed by atoms with Gasteiger partial charge < -0.3 is 25.9 Å². The second-order valence-electron chi connectivity index (χ2n) is 10.2. The maximum Gasteiger partial charge on any atom is 0.352 e. The zero-order chi connectivity index (χ0) is 29.4. The maximum atomic E-state index is 13.3. The van der Waals surface area contributed by atoms with Gasteiger partial charge in [0.15, 0.2) is 10.8 Å². The molecule has 13 nitrogen and oxygen atoms in total. The van der Waals surface area contributed by atoms with Crippen LogP contribution in [0.25, 0.3) is 0 Å². The molecular weight excluding hydrogens is 582 g/mol. The summed E-state index contributed by atoms with van der Waals surface area (Å²) in [5, 5.41) is 18.0. The number of aromatic nitrogens is 2. The van der Waals surface area contributed by atoms with Crippen molar-refractivity contribution >= 4 is 63.3 Å². The molecule has 4 aliphatic rings. The molecule has 0 radical (unpaired) electrons. The number of pyridine rings is 1. The van der Waals surface area contributed by atoms with E-state index in [2.05, 4.69) is 20.4 Å². The minimum atomic E-state index is -1.29. The monoisotopic (exact) mass is 609 g/mol. The lowest BCUT2D eigenvalue weighted by Gasteiger charge is -2.49. The number of nitrogens with one attached hydrogen (secondary N) is 1. The van der Waals surface area contributed by atoms with Crippen molar-refractivity contribution in [3.8, 4) is 0 Å². The number of carbonyl (C=O) groups excluding carboxylic acids is 3. The molecule has 0 spiro atoms. The number of nitrogens with two attached hydrogens (primary N) is 1. The summed E-state index contributed by atoms with van der Waals surface area (Å²) in [5.41, 5.74) is 7.18. The van der Waals surface area contributed by atoms with Gasteiger partial charge in [0, 0.05) is 29.4 Å². The lowest BCUT2D eigenvalue weighted by atomic mass is 10.0. The highest BCUT2D eigenvalue weighted by Crippen LogP contribution is 2.41. The van der Waals surface area contributed by atoms with Crippen molar-refractivity contribution < 1.29 is 29.1 Å². The van der Waals surface area contributed by atoms with E-state index in [1.54, 1.807) is 40.9 Å². The van der Waals surface area contributed by atoms with Crippen LogP contribution in [0.3, 0.4) is 0 Å².